The van der Waals surface area contributed by atoms with Crippen LogP contribution in [0.5, 0.6) is 0 Å². The minimum Gasteiger partial charge on any atom is -0.233 e. The number of aromatic nitrogens is 2. The number of hydrogen-bond donors (Lipinski definition) is 0. The summed E-state index contributed by atoms with van der Waals surface area (Å²) in [6.07, 6.45) is 6.70. The summed E-state index contributed by atoms with van der Waals surface area (Å²) in [5.74, 6) is 1.51. The first-order valence-corrected chi connectivity index (χ1v) is 11.5. The molecule has 5 aromatic rings. The molecule has 1 aromatic heterocycles. The van der Waals surface area contributed by atoms with Crippen molar-refractivity contribution in [3.63, 3.8) is 0 Å². The van der Waals surface area contributed by atoms with E-state index in [2.05, 4.69) is 72.8 Å². The van der Waals surface area contributed by atoms with E-state index >= 15 is 0 Å². The minimum absolute atomic E-state index is 0.688. The summed E-state index contributed by atoms with van der Waals surface area (Å²) in [5.41, 5.74) is 4.78. The zero-order valence-corrected chi connectivity index (χ0v) is 17.9. The Morgan fingerprint density at radius 1 is 0.710 bits per heavy atom. The molecular weight excluding hydrogens is 376 g/mol. The van der Waals surface area contributed by atoms with Gasteiger partial charge in [0.25, 0.3) is 0 Å². The van der Waals surface area contributed by atoms with E-state index in [0.717, 1.165) is 22.4 Å². The number of benzene rings is 4. The second-order valence-electron chi connectivity index (χ2n) is 8.93. The van der Waals surface area contributed by atoms with E-state index < -0.39 is 0 Å². The van der Waals surface area contributed by atoms with E-state index in [1.54, 1.807) is 0 Å². The lowest BCUT2D eigenvalue weighted by molar-refractivity contribution is 0.443. The molecule has 0 unspecified atom stereocenters. The molecule has 1 heterocycles. The van der Waals surface area contributed by atoms with Gasteiger partial charge in [0.1, 0.15) is 5.82 Å². The summed E-state index contributed by atoms with van der Waals surface area (Å²) in [4.78, 5) is 9.87. The molecule has 0 radical (unpaired) electrons. The standard InChI is InChI=1S/C29H26N2/c1-19-30-28(24-12-7-11-23(18-24)20-8-3-2-4-9-20)26-17-16-22-15-14-21-10-5-6-13-25(21)27(22)29(26)31-19/h5-7,10-18,20H,2-4,8-9H2,1H3. The van der Waals surface area contributed by atoms with Gasteiger partial charge in [0.05, 0.1) is 11.2 Å². The lowest BCUT2D eigenvalue weighted by Crippen LogP contribution is -2.04. The van der Waals surface area contributed by atoms with Gasteiger partial charge in [0.2, 0.25) is 0 Å². The third-order valence-corrected chi connectivity index (χ3v) is 6.92. The van der Waals surface area contributed by atoms with Crippen molar-refractivity contribution in [3.05, 3.63) is 84.2 Å². The van der Waals surface area contributed by atoms with Gasteiger partial charge in [-0.25, -0.2) is 9.97 Å². The third-order valence-electron chi connectivity index (χ3n) is 6.92. The van der Waals surface area contributed by atoms with Crippen molar-refractivity contribution < 1.29 is 0 Å². The van der Waals surface area contributed by atoms with Gasteiger partial charge in [-0.1, -0.05) is 79.9 Å². The predicted octanol–water partition coefficient (Wildman–Crippen LogP) is 7.96. The number of fused-ring (bicyclic) bond motifs is 5. The van der Waals surface area contributed by atoms with Crippen molar-refractivity contribution in [2.24, 2.45) is 0 Å². The van der Waals surface area contributed by atoms with Crippen molar-refractivity contribution in [2.75, 3.05) is 0 Å². The SMILES string of the molecule is Cc1nc(-c2cccc(C3CCCCC3)c2)c2ccc3ccc4ccccc4c3c2n1. The van der Waals surface area contributed by atoms with Gasteiger partial charge >= 0.3 is 0 Å². The Morgan fingerprint density at radius 2 is 1.52 bits per heavy atom. The van der Waals surface area contributed by atoms with Crippen LogP contribution in [0, 0.1) is 6.92 Å². The summed E-state index contributed by atoms with van der Waals surface area (Å²) in [7, 11) is 0. The monoisotopic (exact) mass is 402 g/mol. The van der Waals surface area contributed by atoms with Crippen molar-refractivity contribution in [1.29, 1.82) is 0 Å². The highest BCUT2D eigenvalue weighted by molar-refractivity contribution is 6.20. The molecule has 0 N–H and O–H groups in total. The van der Waals surface area contributed by atoms with Gasteiger partial charge in [0, 0.05) is 16.3 Å². The van der Waals surface area contributed by atoms with E-state index in [0.29, 0.717) is 5.92 Å². The topological polar surface area (TPSA) is 25.8 Å². The number of rotatable bonds is 2. The van der Waals surface area contributed by atoms with Crippen molar-refractivity contribution >= 4 is 32.4 Å². The molecule has 0 atom stereocenters. The molecule has 31 heavy (non-hydrogen) atoms. The van der Waals surface area contributed by atoms with Crippen LogP contribution in [-0.4, -0.2) is 9.97 Å². The lowest BCUT2D eigenvalue weighted by Gasteiger charge is -2.22. The quantitative estimate of drug-likeness (QED) is 0.280. The summed E-state index contributed by atoms with van der Waals surface area (Å²) in [5, 5.41) is 6.09. The van der Waals surface area contributed by atoms with E-state index in [1.165, 1.54) is 64.8 Å². The normalized spacial score (nSPS) is 15.1. The summed E-state index contributed by atoms with van der Waals surface area (Å²) in [6.45, 7) is 2.01. The number of nitrogens with zero attached hydrogens (tertiary/aromatic N) is 2. The molecule has 0 saturated heterocycles. The first-order chi connectivity index (χ1) is 15.3. The Labute approximate surface area is 183 Å². The lowest BCUT2D eigenvalue weighted by atomic mass is 9.83. The average Bonchev–Trinajstić information content (AvgIpc) is 2.83. The second kappa shape index (κ2) is 7.46. The third kappa shape index (κ3) is 3.18. The summed E-state index contributed by atoms with van der Waals surface area (Å²) in [6, 6.07) is 26.5. The van der Waals surface area contributed by atoms with Gasteiger partial charge < -0.3 is 0 Å². The van der Waals surface area contributed by atoms with Crippen LogP contribution in [-0.2, 0) is 0 Å². The molecule has 0 amide bonds. The first kappa shape index (κ1) is 18.5. The zero-order valence-electron chi connectivity index (χ0n) is 17.9. The average molecular weight is 403 g/mol. The molecular formula is C29H26N2. The number of aryl methyl sites for hydroxylation is 1. The van der Waals surface area contributed by atoms with E-state index in [-0.39, 0.29) is 0 Å². The molecule has 152 valence electrons. The van der Waals surface area contributed by atoms with Gasteiger partial charge in [-0.15, -0.1) is 0 Å². The molecule has 6 rings (SSSR count). The Hall–Kier alpha value is -3.26. The molecule has 2 nitrogen and oxygen atoms in total. The van der Waals surface area contributed by atoms with Crippen LogP contribution >= 0.6 is 0 Å². The smallest absolute Gasteiger partial charge is 0.126 e. The maximum Gasteiger partial charge on any atom is 0.126 e. The Balaban J connectivity index is 1.61. The molecule has 2 heteroatoms. The summed E-state index contributed by atoms with van der Waals surface area (Å²) < 4.78 is 0. The number of hydrogen-bond acceptors (Lipinski definition) is 2. The van der Waals surface area contributed by atoms with Gasteiger partial charge in [-0.05, 0) is 59.5 Å². The van der Waals surface area contributed by atoms with Crippen LogP contribution in [0.15, 0.2) is 72.8 Å². The molecule has 0 bridgehead atoms. The van der Waals surface area contributed by atoms with Crippen molar-refractivity contribution in [1.82, 2.24) is 9.97 Å². The largest absolute Gasteiger partial charge is 0.233 e. The fraction of sp³-hybridized carbons (Fsp3) is 0.241. The molecule has 1 aliphatic carbocycles. The van der Waals surface area contributed by atoms with Gasteiger partial charge in [-0.3, -0.25) is 0 Å². The zero-order chi connectivity index (χ0) is 20.8. The maximum atomic E-state index is 4.94. The van der Waals surface area contributed by atoms with Crippen molar-refractivity contribution in [2.45, 2.75) is 44.9 Å². The van der Waals surface area contributed by atoms with Gasteiger partial charge in [-0.2, -0.15) is 0 Å². The van der Waals surface area contributed by atoms with Crippen molar-refractivity contribution in [3.8, 4) is 11.3 Å². The highest BCUT2D eigenvalue weighted by Gasteiger charge is 2.18. The second-order valence-corrected chi connectivity index (χ2v) is 8.93. The van der Waals surface area contributed by atoms with Crippen LogP contribution < -0.4 is 0 Å². The first-order valence-electron chi connectivity index (χ1n) is 11.5. The summed E-state index contributed by atoms with van der Waals surface area (Å²) >= 11 is 0. The van der Waals surface area contributed by atoms with Gasteiger partial charge in [0.15, 0.2) is 0 Å². The van der Waals surface area contributed by atoms with Crippen LogP contribution in [0.2, 0.25) is 0 Å². The highest BCUT2D eigenvalue weighted by Crippen LogP contribution is 2.37. The highest BCUT2D eigenvalue weighted by atomic mass is 14.9. The van der Waals surface area contributed by atoms with E-state index in [4.69, 9.17) is 9.97 Å². The Kier molecular flexibility index (Phi) is 4.45. The Morgan fingerprint density at radius 3 is 2.42 bits per heavy atom. The van der Waals surface area contributed by atoms with E-state index in [9.17, 15) is 0 Å². The molecule has 1 fully saturated rings. The van der Waals surface area contributed by atoms with Crippen LogP contribution in [0.3, 0.4) is 0 Å². The van der Waals surface area contributed by atoms with Crippen LogP contribution in [0.25, 0.3) is 43.7 Å². The molecule has 0 aliphatic heterocycles. The predicted molar refractivity (Wildman–Crippen MR) is 131 cm³/mol. The van der Waals surface area contributed by atoms with E-state index in [1.807, 2.05) is 6.92 Å². The fourth-order valence-electron chi connectivity index (χ4n) is 5.39. The fourth-order valence-corrected chi connectivity index (χ4v) is 5.39. The molecule has 1 aliphatic rings. The maximum absolute atomic E-state index is 4.94. The molecule has 4 aromatic carbocycles. The van der Waals surface area contributed by atoms with Crippen LogP contribution in [0.1, 0.15) is 49.4 Å². The Bertz CT molecular complexity index is 1430. The molecule has 1 saturated carbocycles. The molecule has 0 spiro atoms. The van der Waals surface area contributed by atoms with Crippen LogP contribution in [0.4, 0.5) is 0 Å². The minimum atomic E-state index is 0.688.